The number of thioether (sulfide) groups is 1. The molecule has 0 spiro atoms. The lowest BCUT2D eigenvalue weighted by Gasteiger charge is -2.12. The molecule has 2 aromatic carbocycles. The minimum atomic E-state index is -3.35. The van der Waals surface area contributed by atoms with Crippen LogP contribution in [0.2, 0.25) is 0 Å². The van der Waals surface area contributed by atoms with Gasteiger partial charge in [-0.1, -0.05) is 11.3 Å². The summed E-state index contributed by atoms with van der Waals surface area (Å²) in [7, 11) is 1.10. The van der Waals surface area contributed by atoms with E-state index in [0.717, 1.165) is 16.0 Å². The molecule has 1 amide bonds. The highest BCUT2D eigenvalue weighted by molar-refractivity contribution is 7.98. The molecule has 0 aliphatic heterocycles. The minimum absolute atomic E-state index is 0.228. The van der Waals surface area contributed by atoms with Crippen molar-refractivity contribution in [2.24, 2.45) is 4.99 Å². The van der Waals surface area contributed by atoms with Crippen LogP contribution in [0.4, 0.5) is 0 Å². The van der Waals surface area contributed by atoms with E-state index in [0.29, 0.717) is 28.6 Å². The smallest absolute Gasteiger partial charge is 0.279 e. The maximum atomic E-state index is 13.1. The molecular weight excluding hydrogens is 472 g/mol. The fourth-order valence-corrected chi connectivity index (χ4v) is 5.30. The van der Waals surface area contributed by atoms with E-state index in [-0.39, 0.29) is 10.5 Å². The van der Waals surface area contributed by atoms with Gasteiger partial charge in [-0.15, -0.1) is 0 Å². The van der Waals surface area contributed by atoms with Gasteiger partial charge in [0.2, 0.25) is 5.75 Å². The van der Waals surface area contributed by atoms with Crippen LogP contribution in [0.3, 0.4) is 0 Å². The van der Waals surface area contributed by atoms with Crippen molar-refractivity contribution in [3.8, 4) is 17.2 Å². The summed E-state index contributed by atoms with van der Waals surface area (Å²) in [5.41, 5.74) is 1.11. The predicted octanol–water partition coefficient (Wildman–Crippen LogP) is 3.24. The Labute approximate surface area is 194 Å². The first-order chi connectivity index (χ1) is 15.2. The molecule has 0 bridgehead atoms. The Morgan fingerprint density at radius 3 is 2.28 bits per heavy atom. The van der Waals surface area contributed by atoms with Gasteiger partial charge in [-0.2, -0.15) is 16.8 Å². The van der Waals surface area contributed by atoms with Gasteiger partial charge in [-0.3, -0.25) is 4.79 Å². The summed E-state index contributed by atoms with van der Waals surface area (Å²) in [5, 5.41) is 0. The third-order valence-corrected chi connectivity index (χ3v) is 7.45. The Hall–Kier alpha value is -2.50. The number of benzene rings is 2. The number of aryl methyl sites for hydroxylation is 1. The van der Waals surface area contributed by atoms with Crippen molar-refractivity contribution in [3.05, 3.63) is 40.7 Å². The Bertz CT molecular complexity index is 1300. The number of methoxy groups -OCH3 is 3. The van der Waals surface area contributed by atoms with Crippen LogP contribution in [-0.2, 0) is 16.4 Å². The third-order valence-electron chi connectivity index (χ3n) is 4.71. The molecule has 0 radical (unpaired) electrons. The second kappa shape index (κ2) is 9.97. The van der Waals surface area contributed by atoms with Crippen LogP contribution in [0.1, 0.15) is 10.4 Å². The van der Waals surface area contributed by atoms with Crippen molar-refractivity contribution >= 4 is 49.1 Å². The predicted molar refractivity (Wildman–Crippen MR) is 127 cm³/mol. The van der Waals surface area contributed by atoms with Gasteiger partial charge in [0, 0.05) is 24.1 Å². The molecule has 0 N–H and O–H groups in total. The number of thiazole rings is 1. The SMILES string of the molecule is COc1cc(C(=O)N=c2sc3cc(S(C)(=O)=O)ccc3n2CCSC)cc(OC)c1OC. The minimum Gasteiger partial charge on any atom is -0.493 e. The topological polar surface area (TPSA) is 96.2 Å². The van der Waals surface area contributed by atoms with Gasteiger partial charge in [-0.05, 0) is 36.6 Å². The third kappa shape index (κ3) is 4.94. The lowest BCUT2D eigenvalue weighted by Crippen LogP contribution is -2.18. The summed E-state index contributed by atoms with van der Waals surface area (Å²) < 4.78 is 42.6. The maximum Gasteiger partial charge on any atom is 0.279 e. The van der Waals surface area contributed by atoms with Gasteiger partial charge in [0.25, 0.3) is 5.91 Å². The van der Waals surface area contributed by atoms with Gasteiger partial charge < -0.3 is 18.8 Å². The molecule has 0 aliphatic rings. The zero-order chi connectivity index (χ0) is 23.5. The molecule has 3 aromatic rings. The van der Waals surface area contributed by atoms with Crippen molar-refractivity contribution in [1.29, 1.82) is 0 Å². The molecular formula is C21H24N2O6S3. The molecule has 11 heteroatoms. The van der Waals surface area contributed by atoms with Crippen LogP contribution in [0, 0.1) is 0 Å². The summed E-state index contributed by atoms with van der Waals surface area (Å²) in [5.74, 6) is 1.43. The van der Waals surface area contributed by atoms with Crippen LogP contribution in [0.15, 0.2) is 40.2 Å². The number of hydrogen-bond donors (Lipinski definition) is 0. The van der Waals surface area contributed by atoms with E-state index in [1.165, 1.54) is 38.9 Å². The first kappa shape index (κ1) is 24.1. The van der Waals surface area contributed by atoms with Crippen molar-refractivity contribution in [1.82, 2.24) is 4.57 Å². The van der Waals surface area contributed by atoms with E-state index in [9.17, 15) is 13.2 Å². The van der Waals surface area contributed by atoms with E-state index in [1.807, 2.05) is 10.8 Å². The number of carbonyl (C=O) groups is 1. The van der Waals surface area contributed by atoms with Crippen LogP contribution in [0.5, 0.6) is 17.2 Å². The summed E-state index contributed by atoms with van der Waals surface area (Å²) in [4.78, 5) is 18.1. The molecule has 0 aliphatic carbocycles. The summed E-state index contributed by atoms with van der Waals surface area (Å²) >= 11 is 2.94. The standard InChI is InChI=1S/C21H24N2O6S3/c1-27-16-10-13(11-17(28-2)19(16)29-3)20(24)22-21-23(8-9-30-4)15-7-6-14(32(5,25)26)12-18(15)31-21/h6-7,10-12H,8-9H2,1-5H3. The van der Waals surface area contributed by atoms with Gasteiger partial charge in [-0.25, -0.2) is 8.42 Å². The van der Waals surface area contributed by atoms with Crippen LogP contribution in [-0.4, -0.2) is 58.5 Å². The average molecular weight is 497 g/mol. The monoisotopic (exact) mass is 496 g/mol. The van der Waals surface area contributed by atoms with Crippen molar-refractivity contribution in [3.63, 3.8) is 0 Å². The summed E-state index contributed by atoms with van der Waals surface area (Å²) in [6.45, 7) is 0.626. The molecule has 1 heterocycles. The largest absolute Gasteiger partial charge is 0.493 e. The molecule has 3 rings (SSSR count). The Morgan fingerprint density at radius 2 is 1.75 bits per heavy atom. The number of fused-ring (bicyclic) bond motifs is 1. The molecule has 8 nitrogen and oxygen atoms in total. The number of ether oxygens (including phenoxy) is 3. The fraction of sp³-hybridized carbons (Fsp3) is 0.333. The van der Waals surface area contributed by atoms with E-state index in [1.54, 1.807) is 42.1 Å². The van der Waals surface area contributed by atoms with E-state index in [2.05, 4.69) is 4.99 Å². The molecule has 0 saturated heterocycles. The second-order valence-corrected chi connectivity index (χ2v) is 10.8. The van der Waals surface area contributed by atoms with E-state index in [4.69, 9.17) is 14.2 Å². The Kier molecular flexibility index (Phi) is 7.52. The second-order valence-electron chi connectivity index (χ2n) is 6.76. The van der Waals surface area contributed by atoms with Gasteiger partial charge >= 0.3 is 0 Å². The highest BCUT2D eigenvalue weighted by atomic mass is 32.2. The van der Waals surface area contributed by atoms with Gasteiger partial charge in [0.1, 0.15) is 0 Å². The van der Waals surface area contributed by atoms with Gasteiger partial charge in [0.05, 0.1) is 36.4 Å². The van der Waals surface area contributed by atoms with E-state index < -0.39 is 15.7 Å². The summed E-state index contributed by atoms with van der Waals surface area (Å²) in [6.07, 6.45) is 3.16. The Balaban J connectivity index is 2.17. The van der Waals surface area contributed by atoms with Gasteiger partial charge in [0.15, 0.2) is 26.1 Å². The molecule has 0 atom stereocenters. The quantitative estimate of drug-likeness (QED) is 0.472. The zero-order valence-corrected chi connectivity index (χ0v) is 20.8. The Morgan fingerprint density at radius 1 is 1.09 bits per heavy atom. The molecule has 0 fully saturated rings. The lowest BCUT2D eigenvalue weighted by molar-refractivity contribution is 0.0997. The first-order valence-electron chi connectivity index (χ1n) is 9.45. The number of rotatable bonds is 8. The highest BCUT2D eigenvalue weighted by Gasteiger charge is 2.18. The maximum absolute atomic E-state index is 13.1. The summed E-state index contributed by atoms with van der Waals surface area (Å²) in [6, 6.07) is 8.05. The highest BCUT2D eigenvalue weighted by Crippen LogP contribution is 2.38. The average Bonchev–Trinajstić information content (AvgIpc) is 3.11. The van der Waals surface area contributed by atoms with Crippen LogP contribution in [0.25, 0.3) is 10.2 Å². The normalized spacial score (nSPS) is 12.2. The van der Waals surface area contributed by atoms with Crippen LogP contribution >= 0.6 is 23.1 Å². The molecule has 172 valence electrons. The molecule has 0 unspecified atom stereocenters. The van der Waals surface area contributed by atoms with Crippen molar-refractivity contribution < 1.29 is 27.4 Å². The number of sulfone groups is 1. The molecule has 1 aromatic heterocycles. The number of hydrogen-bond acceptors (Lipinski definition) is 8. The lowest BCUT2D eigenvalue weighted by atomic mass is 10.1. The van der Waals surface area contributed by atoms with Crippen LogP contribution < -0.4 is 19.0 Å². The number of carbonyl (C=O) groups excluding carboxylic acids is 1. The zero-order valence-electron chi connectivity index (χ0n) is 18.4. The number of amides is 1. The van der Waals surface area contributed by atoms with E-state index >= 15 is 0 Å². The number of nitrogens with zero attached hydrogens (tertiary/aromatic N) is 2. The van der Waals surface area contributed by atoms with Crippen molar-refractivity contribution in [2.75, 3.05) is 39.6 Å². The number of aromatic nitrogens is 1. The molecule has 32 heavy (non-hydrogen) atoms. The van der Waals surface area contributed by atoms with Crippen molar-refractivity contribution in [2.45, 2.75) is 11.4 Å². The first-order valence-corrected chi connectivity index (χ1v) is 13.5. The fourth-order valence-electron chi connectivity index (χ4n) is 3.12. The molecule has 0 saturated carbocycles.